The summed E-state index contributed by atoms with van der Waals surface area (Å²) in [6.07, 6.45) is 0. The zero-order valence-electron chi connectivity index (χ0n) is 15.4. The van der Waals surface area contributed by atoms with Crippen molar-refractivity contribution < 1.29 is 9.53 Å². The van der Waals surface area contributed by atoms with Crippen LogP contribution >= 0.6 is 0 Å². The Labute approximate surface area is 166 Å². The van der Waals surface area contributed by atoms with E-state index in [1.54, 1.807) is 18.2 Å². The summed E-state index contributed by atoms with van der Waals surface area (Å²) < 4.78 is 6.00. The predicted molar refractivity (Wildman–Crippen MR) is 114 cm³/mol. The highest BCUT2D eigenvalue weighted by Gasteiger charge is 2.08. The van der Waals surface area contributed by atoms with Crippen LogP contribution in [-0.2, 0) is 0 Å². The molecule has 0 spiro atoms. The Kier molecular flexibility index (Phi) is 3.99. The number of carbonyl (C=O) groups is 1. The molecule has 4 aromatic carbocycles. The van der Waals surface area contributed by atoms with Crippen molar-refractivity contribution in [2.45, 2.75) is 0 Å². The molecule has 0 bridgehead atoms. The van der Waals surface area contributed by atoms with Crippen molar-refractivity contribution in [3.8, 4) is 22.9 Å². The summed E-state index contributed by atoms with van der Waals surface area (Å²) in [7, 11) is 0. The minimum absolute atomic E-state index is 0.451. The van der Waals surface area contributed by atoms with E-state index < -0.39 is 5.91 Å². The van der Waals surface area contributed by atoms with Crippen LogP contribution in [0.2, 0.25) is 0 Å². The van der Waals surface area contributed by atoms with Gasteiger partial charge in [-0.3, -0.25) is 4.79 Å². The number of fused-ring (bicyclic) bond motifs is 2. The molecule has 1 aromatic heterocycles. The molecule has 1 amide bonds. The van der Waals surface area contributed by atoms with Crippen LogP contribution in [0.3, 0.4) is 0 Å². The minimum atomic E-state index is -0.460. The lowest BCUT2D eigenvalue weighted by atomic mass is 10.1. The largest absolute Gasteiger partial charge is 0.457 e. The molecule has 0 fully saturated rings. The van der Waals surface area contributed by atoms with Crippen molar-refractivity contribution in [2.75, 3.05) is 0 Å². The maximum Gasteiger partial charge on any atom is 0.248 e. The second-order valence-corrected chi connectivity index (χ2v) is 6.82. The van der Waals surface area contributed by atoms with Gasteiger partial charge in [-0.1, -0.05) is 30.3 Å². The number of aromatic nitrogens is 2. The van der Waals surface area contributed by atoms with Gasteiger partial charge < -0.3 is 15.5 Å². The number of ether oxygens (including phenoxy) is 1. The van der Waals surface area contributed by atoms with Crippen molar-refractivity contribution in [3.05, 3.63) is 90.5 Å². The summed E-state index contributed by atoms with van der Waals surface area (Å²) in [6.45, 7) is 0. The van der Waals surface area contributed by atoms with E-state index in [-0.39, 0.29) is 0 Å². The zero-order chi connectivity index (χ0) is 19.8. The lowest BCUT2D eigenvalue weighted by Gasteiger charge is -2.07. The van der Waals surface area contributed by atoms with Crippen LogP contribution in [0.5, 0.6) is 11.5 Å². The second kappa shape index (κ2) is 6.80. The van der Waals surface area contributed by atoms with E-state index in [0.717, 1.165) is 39.3 Å². The molecule has 0 aliphatic heterocycles. The van der Waals surface area contributed by atoms with Gasteiger partial charge in [0, 0.05) is 11.1 Å². The molecule has 0 saturated heterocycles. The number of benzene rings is 4. The number of nitrogens with two attached hydrogens (primary N) is 1. The highest BCUT2D eigenvalue weighted by Crippen LogP contribution is 2.28. The van der Waals surface area contributed by atoms with Crippen molar-refractivity contribution in [3.63, 3.8) is 0 Å². The molecule has 5 aromatic rings. The van der Waals surface area contributed by atoms with Gasteiger partial charge in [-0.25, -0.2) is 4.98 Å². The van der Waals surface area contributed by atoms with Crippen LogP contribution < -0.4 is 10.5 Å². The predicted octanol–water partition coefficient (Wildman–Crippen LogP) is 5.27. The zero-order valence-corrected chi connectivity index (χ0v) is 15.4. The first-order chi connectivity index (χ1) is 14.2. The van der Waals surface area contributed by atoms with Crippen LogP contribution in [0.4, 0.5) is 0 Å². The monoisotopic (exact) mass is 379 g/mol. The van der Waals surface area contributed by atoms with E-state index in [1.807, 2.05) is 54.6 Å². The highest BCUT2D eigenvalue weighted by molar-refractivity contribution is 5.96. The lowest BCUT2D eigenvalue weighted by Crippen LogP contribution is -2.10. The van der Waals surface area contributed by atoms with Gasteiger partial charge in [0.25, 0.3) is 0 Å². The van der Waals surface area contributed by atoms with Gasteiger partial charge in [0.05, 0.1) is 11.0 Å². The van der Waals surface area contributed by atoms with Crippen LogP contribution in [0.25, 0.3) is 33.2 Å². The molecule has 0 radical (unpaired) electrons. The summed E-state index contributed by atoms with van der Waals surface area (Å²) >= 11 is 0. The van der Waals surface area contributed by atoms with Crippen LogP contribution in [0.15, 0.2) is 84.9 Å². The number of H-pyrrole nitrogens is 1. The van der Waals surface area contributed by atoms with E-state index in [9.17, 15) is 4.79 Å². The third-order valence-electron chi connectivity index (χ3n) is 4.85. The molecule has 0 aliphatic rings. The molecule has 0 unspecified atom stereocenters. The van der Waals surface area contributed by atoms with E-state index in [1.165, 1.54) is 5.39 Å². The summed E-state index contributed by atoms with van der Waals surface area (Å²) in [5.74, 6) is 1.80. The van der Waals surface area contributed by atoms with Gasteiger partial charge in [0.2, 0.25) is 5.91 Å². The van der Waals surface area contributed by atoms with Gasteiger partial charge in [-0.15, -0.1) is 0 Å². The van der Waals surface area contributed by atoms with Crippen molar-refractivity contribution in [2.24, 2.45) is 5.73 Å². The smallest absolute Gasteiger partial charge is 0.248 e. The van der Waals surface area contributed by atoms with Gasteiger partial charge in [-0.05, 0) is 65.4 Å². The number of nitrogens with one attached hydrogen (secondary N) is 1. The molecular formula is C24H17N3O2. The number of amides is 1. The summed E-state index contributed by atoms with van der Waals surface area (Å²) in [6, 6.07) is 27.1. The lowest BCUT2D eigenvalue weighted by molar-refractivity contribution is 0.100. The normalized spacial score (nSPS) is 11.0. The minimum Gasteiger partial charge on any atom is -0.457 e. The summed E-state index contributed by atoms with van der Waals surface area (Å²) in [5, 5.41) is 2.32. The van der Waals surface area contributed by atoms with E-state index in [0.29, 0.717) is 5.56 Å². The molecule has 0 atom stereocenters. The van der Waals surface area contributed by atoms with Crippen LogP contribution in [0.1, 0.15) is 10.4 Å². The Morgan fingerprint density at radius 1 is 0.828 bits per heavy atom. The first kappa shape index (κ1) is 17.0. The Bertz CT molecular complexity index is 1350. The second-order valence-electron chi connectivity index (χ2n) is 6.82. The number of hydrogen-bond acceptors (Lipinski definition) is 3. The van der Waals surface area contributed by atoms with Gasteiger partial charge in [-0.2, -0.15) is 0 Å². The average molecular weight is 379 g/mol. The Morgan fingerprint density at radius 2 is 1.59 bits per heavy atom. The molecule has 5 heteroatoms. The molecular weight excluding hydrogens is 362 g/mol. The van der Waals surface area contributed by atoms with E-state index in [4.69, 9.17) is 10.5 Å². The molecule has 5 rings (SSSR count). The number of primary amides is 1. The molecule has 3 N–H and O–H groups in total. The maximum absolute atomic E-state index is 11.4. The number of carbonyl (C=O) groups excluding carboxylic acids is 1. The summed E-state index contributed by atoms with van der Waals surface area (Å²) in [5.41, 5.74) is 8.27. The Morgan fingerprint density at radius 3 is 2.38 bits per heavy atom. The first-order valence-corrected chi connectivity index (χ1v) is 9.22. The third-order valence-corrected chi connectivity index (χ3v) is 4.85. The van der Waals surface area contributed by atoms with Crippen LogP contribution in [0, 0.1) is 0 Å². The number of imidazole rings is 1. The van der Waals surface area contributed by atoms with Crippen LogP contribution in [-0.4, -0.2) is 15.9 Å². The van der Waals surface area contributed by atoms with Crippen molar-refractivity contribution in [1.82, 2.24) is 9.97 Å². The molecule has 1 heterocycles. The molecule has 29 heavy (non-hydrogen) atoms. The first-order valence-electron chi connectivity index (χ1n) is 9.22. The van der Waals surface area contributed by atoms with Crippen molar-refractivity contribution in [1.29, 1.82) is 0 Å². The number of rotatable bonds is 4. The van der Waals surface area contributed by atoms with E-state index in [2.05, 4.69) is 22.1 Å². The molecule has 140 valence electrons. The van der Waals surface area contributed by atoms with Crippen molar-refractivity contribution >= 4 is 27.7 Å². The third kappa shape index (κ3) is 3.30. The topological polar surface area (TPSA) is 81.0 Å². The average Bonchev–Trinajstić information content (AvgIpc) is 3.17. The molecule has 0 saturated carbocycles. The fourth-order valence-electron chi connectivity index (χ4n) is 3.35. The summed E-state index contributed by atoms with van der Waals surface area (Å²) in [4.78, 5) is 19.2. The Hall–Kier alpha value is -4.12. The standard InChI is InChI=1S/C24H17N3O2/c25-23(28)18-8-12-21-22(14-18)27-24(26-21)16-6-9-19(10-7-16)29-20-11-5-15-3-1-2-4-17(15)13-20/h1-14H,(H2,25,28)(H,26,27). The van der Waals surface area contributed by atoms with E-state index >= 15 is 0 Å². The quantitative estimate of drug-likeness (QED) is 0.446. The fourth-order valence-corrected chi connectivity index (χ4v) is 3.35. The van der Waals surface area contributed by atoms with Gasteiger partial charge in [0.1, 0.15) is 17.3 Å². The number of nitrogens with zero attached hydrogens (tertiary/aromatic N) is 1. The van der Waals surface area contributed by atoms with Gasteiger partial charge >= 0.3 is 0 Å². The fraction of sp³-hybridized carbons (Fsp3) is 0. The maximum atomic E-state index is 11.4. The SMILES string of the molecule is NC(=O)c1ccc2nc(-c3ccc(Oc4ccc5ccccc5c4)cc3)[nH]c2c1. The van der Waals surface area contributed by atoms with Gasteiger partial charge in [0.15, 0.2) is 0 Å². The highest BCUT2D eigenvalue weighted by atomic mass is 16.5. The Balaban J connectivity index is 1.40. The number of aromatic amines is 1. The molecule has 5 nitrogen and oxygen atoms in total. The number of hydrogen-bond donors (Lipinski definition) is 2. The molecule has 0 aliphatic carbocycles.